The Bertz CT molecular complexity index is 706. The van der Waals surface area contributed by atoms with E-state index in [9.17, 15) is 4.79 Å². The van der Waals surface area contributed by atoms with Crippen molar-refractivity contribution in [2.24, 2.45) is 0 Å². The van der Waals surface area contributed by atoms with Crippen molar-refractivity contribution in [2.75, 3.05) is 42.9 Å². The molecular formula is C21H27N3O. The standard InChI is InChI=1S/C21H27N3O/c1-3-18-9-7-8-17(2)21(18)22-16-20(25)24-14-12-23(13-15-24)19-10-5-4-6-11-19/h4-11,22H,3,12-16H2,1-2H3. The van der Waals surface area contributed by atoms with Crippen molar-refractivity contribution in [3.63, 3.8) is 0 Å². The molecule has 3 rings (SSSR count). The van der Waals surface area contributed by atoms with Gasteiger partial charge in [0, 0.05) is 37.6 Å². The Morgan fingerprint density at radius 2 is 1.72 bits per heavy atom. The number of anilines is 2. The monoisotopic (exact) mass is 337 g/mol. The lowest BCUT2D eigenvalue weighted by Crippen LogP contribution is -2.50. The number of carbonyl (C=O) groups is 1. The molecule has 0 atom stereocenters. The molecule has 1 fully saturated rings. The lowest BCUT2D eigenvalue weighted by atomic mass is 10.1. The van der Waals surface area contributed by atoms with Crippen molar-refractivity contribution in [2.45, 2.75) is 20.3 Å². The van der Waals surface area contributed by atoms with Gasteiger partial charge < -0.3 is 15.1 Å². The van der Waals surface area contributed by atoms with Crippen LogP contribution in [-0.4, -0.2) is 43.5 Å². The molecule has 2 aromatic rings. The Labute approximate surface area is 150 Å². The van der Waals surface area contributed by atoms with Crippen LogP contribution < -0.4 is 10.2 Å². The number of rotatable bonds is 5. The van der Waals surface area contributed by atoms with E-state index in [1.54, 1.807) is 0 Å². The summed E-state index contributed by atoms with van der Waals surface area (Å²) in [5.74, 6) is 0.179. The van der Waals surface area contributed by atoms with Crippen LogP contribution >= 0.6 is 0 Å². The van der Waals surface area contributed by atoms with Gasteiger partial charge in [0.2, 0.25) is 5.91 Å². The van der Waals surface area contributed by atoms with Gasteiger partial charge in [0.15, 0.2) is 0 Å². The first kappa shape index (κ1) is 17.3. The number of benzene rings is 2. The summed E-state index contributed by atoms with van der Waals surface area (Å²) < 4.78 is 0. The van der Waals surface area contributed by atoms with Gasteiger partial charge in [-0.2, -0.15) is 0 Å². The quantitative estimate of drug-likeness (QED) is 0.909. The van der Waals surface area contributed by atoms with E-state index in [-0.39, 0.29) is 5.91 Å². The van der Waals surface area contributed by atoms with Crippen molar-refractivity contribution in [1.82, 2.24) is 4.90 Å². The molecule has 132 valence electrons. The summed E-state index contributed by atoms with van der Waals surface area (Å²) in [6.45, 7) is 7.94. The molecule has 2 aromatic carbocycles. The normalized spacial score (nSPS) is 14.5. The molecule has 0 spiro atoms. The van der Waals surface area contributed by atoms with E-state index in [1.165, 1.54) is 16.8 Å². The van der Waals surface area contributed by atoms with Gasteiger partial charge in [-0.25, -0.2) is 0 Å². The van der Waals surface area contributed by atoms with Gasteiger partial charge in [0.05, 0.1) is 6.54 Å². The number of piperazine rings is 1. The summed E-state index contributed by atoms with van der Waals surface area (Å²) in [6.07, 6.45) is 0.966. The largest absolute Gasteiger partial charge is 0.376 e. The van der Waals surface area contributed by atoms with Gasteiger partial charge in [-0.1, -0.05) is 43.3 Å². The first-order chi connectivity index (χ1) is 12.2. The van der Waals surface area contributed by atoms with E-state index in [0.29, 0.717) is 6.54 Å². The zero-order valence-electron chi connectivity index (χ0n) is 15.2. The summed E-state index contributed by atoms with van der Waals surface area (Å²) in [7, 11) is 0. The Balaban J connectivity index is 1.54. The SMILES string of the molecule is CCc1cccc(C)c1NCC(=O)N1CCN(c2ccccc2)CC1. The van der Waals surface area contributed by atoms with Gasteiger partial charge in [0.1, 0.15) is 0 Å². The molecule has 0 saturated carbocycles. The fourth-order valence-corrected chi connectivity index (χ4v) is 3.40. The number of aryl methyl sites for hydroxylation is 2. The van der Waals surface area contributed by atoms with E-state index in [2.05, 4.69) is 66.5 Å². The number of hydrogen-bond acceptors (Lipinski definition) is 3. The van der Waals surface area contributed by atoms with Crippen molar-refractivity contribution < 1.29 is 4.79 Å². The van der Waals surface area contributed by atoms with Gasteiger partial charge in [-0.3, -0.25) is 4.79 Å². The zero-order chi connectivity index (χ0) is 17.6. The molecule has 0 radical (unpaired) electrons. The van der Waals surface area contributed by atoms with Crippen molar-refractivity contribution in [3.8, 4) is 0 Å². The minimum atomic E-state index is 0.179. The highest BCUT2D eigenvalue weighted by atomic mass is 16.2. The van der Waals surface area contributed by atoms with E-state index in [1.807, 2.05) is 11.0 Å². The second kappa shape index (κ2) is 8.06. The van der Waals surface area contributed by atoms with Gasteiger partial charge >= 0.3 is 0 Å². The molecule has 0 aliphatic carbocycles. The highest BCUT2D eigenvalue weighted by Gasteiger charge is 2.21. The maximum absolute atomic E-state index is 12.6. The fraction of sp³-hybridized carbons (Fsp3) is 0.381. The number of hydrogen-bond donors (Lipinski definition) is 1. The van der Waals surface area contributed by atoms with Crippen molar-refractivity contribution in [1.29, 1.82) is 0 Å². The molecular weight excluding hydrogens is 310 g/mol. The third-order valence-corrected chi connectivity index (χ3v) is 4.91. The Morgan fingerprint density at radius 1 is 1.00 bits per heavy atom. The summed E-state index contributed by atoms with van der Waals surface area (Å²) >= 11 is 0. The smallest absolute Gasteiger partial charge is 0.241 e. The molecule has 1 amide bonds. The number of carbonyl (C=O) groups excluding carboxylic acids is 1. The second-order valence-corrected chi connectivity index (χ2v) is 6.52. The first-order valence-electron chi connectivity index (χ1n) is 9.09. The van der Waals surface area contributed by atoms with Gasteiger partial charge in [-0.15, -0.1) is 0 Å². The molecule has 1 heterocycles. The predicted octanol–water partition coefficient (Wildman–Crippen LogP) is 3.32. The second-order valence-electron chi connectivity index (χ2n) is 6.52. The third kappa shape index (κ3) is 4.13. The predicted molar refractivity (Wildman–Crippen MR) is 104 cm³/mol. The van der Waals surface area contributed by atoms with Crippen LogP contribution in [0.5, 0.6) is 0 Å². The van der Waals surface area contributed by atoms with Gasteiger partial charge in [0.25, 0.3) is 0 Å². The Morgan fingerprint density at radius 3 is 2.40 bits per heavy atom. The molecule has 1 aliphatic heterocycles. The molecule has 0 aromatic heterocycles. The first-order valence-corrected chi connectivity index (χ1v) is 9.09. The van der Waals surface area contributed by atoms with Crippen LogP contribution in [0.3, 0.4) is 0 Å². The lowest BCUT2D eigenvalue weighted by molar-refractivity contribution is -0.129. The highest BCUT2D eigenvalue weighted by molar-refractivity contribution is 5.81. The van der Waals surface area contributed by atoms with Crippen LogP contribution in [0.15, 0.2) is 48.5 Å². The maximum Gasteiger partial charge on any atom is 0.241 e. The summed E-state index contributed by atoms with van der Waals surface area (Å²) in [6, 6.07) is 16.7. The average Bonchev–Trinajstić information content (AvgIpc) is 2.67. The summed E-state index contributed by atoms with van der Waals surface area (Å²) in [5.41, 5.74) is 4.81. The molecule has 1 aliphatic rings. The Kier molecular flexibility index (Phi) is 5.59. The molecule has 1 saturated heterocycles. The molecule has 4 nitrogen and oxygen atoms in total. The van der Waals surface area contributed by atoms with Crippen LogP contribution in [0, 0.1) is 6.92 Å². The number of nitrogens with one attached hydrogen (secondary N) is 1. The van der Waals surface area contributed by atoms with E-state index >= 15 is 0 Å². The van der Waals surface area contributed by atoms with Crippen LogP contribution in [0.2, 0.25) is 0 Å². The van der Waals surface area contributed by atoms with Crippen LogP contribution in [0.4, 0.5) is 11.4 Å². The van der Waals surface area contributed by atoms with Crippen LogP contribution in [-0.2, 0) is 11.2 Å². The van der Waals surface area contributed by atoms with Crippen molar-refractivity contribution >= 4 is 17.3 Å². The minimum absolute atomic E-state index is 0.179. The van der Waals surface area contributed by atoms with Crippen LogP contribution in [0.25, 0.3) is 0 Å². The lowest BCUT2D eigenvalue weighted by Gasteiger charge is -2.36. The van der Waals surface area contributed by atoms with E-state index in [4.69, 9.17) is 0 Å². The molecule has 0 bridgehead atoms. The number of amides is 1. The van der Waals surface area contributed by atoms with Gasteiger partial charge in [-0.05, 0) is 36.6 Å². The highest BCUT2D eigenvalue weighted by Crippen LogP contribution is 2.21. The minimum Gasteiger partial charge on any atom is -0.376 e. The fourth-order valence-electron chi connectivity index (χ4n) is 3.40. The zero-order valence-corrected chi connectivity index (χ0v) is 15.2. The third-order valence-electron chi connectivity index (χ3n) is 4.91. The Hall–Kier alpha value is -2.49. The summed E-state index contributed by atoms with van der Waals surface area (Å²) in [4.78, 5) is 16.9. The van der Waals surface area contributed by atoms with Crippen molar-refractivity contribution in [3.05, 3.63) is 59.7 Å². The topological polar surface area (TPSA) is 35.6 Å². The summed E-state index contributed by atoms with van der Waals surface area (Å²) in [5, 5.41) is 3.37. The number of para-hydroxylation sites is 2. The van der Waals surface area contributed by atoms with Crippen LogP contribution in [0.1, 0.15) is 18.1 Å². The van der Waals surface area contributed by atoms with E-state index < -0.39 is 0 Å². The molecule has 4 heteroatoms. The maximum atomic E-state index is 12.6. The number of nitrogens with zero attached hydrogens (tertiary/aromatic N) is 2. The average molecular weight is 337 g/mol. The molecule has 0 unspecified atom stereocenters. The van der Waals surface area contributed by atoms with E-state index in [0.717, 1.165) is 38.3 Å². The molecule has 25 heavy (non-hydrogen) atoms. The molecule has 1 N–H and O–H groups in total.